The SMILES string of the molecule is CCC(NC(=O)c1ccc[nH]c1=S)C1CCCO1. The van der Waals surface area contributed by atoms with E-state index in [-0.39, 0.29) is 18.1 Å². The van der Waals surface area contributed by atoms with Crippen LogP contribution < -0.4 is 5.32 Å². The van der Waals surface area contributed by atoms with E-state index in [1.807, 2.05) is 0 Å². The lowest BCUT2D eigenvalue weighted by Gasteiger charge is -2.22. The zero-order valence-electron chi connectivity index (χ0n) is 10.4. The van der Waals surface area contributed by atoms with Gasteiger partial charge in [-0.2, -0.15) is 0 Å². The van der Waals surface area contributed by atoms with Crippen molar-refractivity contribution in [2.75, 3.05) is 6.61 Å². The van der Waals surface area contributed by atoms with Crippen LogP contribution in [-0.2, 0) is 4.74 Å². The number of rotatable bonds is 4. The van der Waals surface area contributed by atoms with Crippen LogP contribution in [0.15, 0.2) is 18.3 Å². The van der Waals surface area contributed by atoms with Gasteiger partial charge in [-0.25, -0.2) is 0 Å². The number of aromatic amines is 1. The van der Waals surface area contributed by atoms with E-state index in [1.165, 1.54) is 0 Å². The molecule has 5 heteroatoms. The Kier molecular flexibility index (Phi) is 4.49. The van der Waals surface area contributed by atoms with Gasteiger partial charge in [0.05, 0.1) is 17.7 Å². The summed E-state index contributed by atoms with van der Waals surface area (Å²) in [5.74, 6) is -0.126. The number of hydrogen-bond acceptors (Lipinski definition) is 3. The summed E-state index contributed by atoms with van der Waals surface area (Å²) in [5, 5.41) is 3.02. The molecule has 1 aromatic rings. The quantitative estimate of drug-likeness (QED) is 0.823. The van der Waals surface area contributed by atoms with Crippen molar-refractivity contribution in [2.24, 2.45) is 0 Å². The first-order valence-corrected chi connectivity index (χ1v) is 6.73. The number of carbonyl (C=O) groups is 1. The molecule has 0 bridgehead atoms. The summed E-state index contributed by atoms with van der Waals surface area (Å²) >= 11 is 5.10. The average Bonchev–Trinajstić information content (AvgIpc) is 2.90. The molecule has 0 saturated carbocycles. The molecule has 18 heavy (non-hydrogen) atoms. The Bertz CT molecular complexity index is 466. The molecule has 98 valence electrons. The first kappa shape index (κ1) is 13.2. The molecule has 2 heterocycles. The highest BCUT2D eigenvalue weighted by molar-refractivity contribution is 7.71. The van der Waals surface area contributed by atoms with E-state index in [1.54, 1.807) is 18.3 Å². The topological polar surface area (TPSA) is 54.1 Å². The smallest absolute Gasteiger partial charge is 0.254 e. The van der Waals surface area contributed by atoms with E-state index in [9.17, 15) is 4.79 Å². The van der Waals surface area contributed by atoms with Crippen molar-refractivity contribution < 1.29 is 9.53 Å². The number of nitrogens with one attached hydrogen (secondary N) is 2. The molecule has 1 fully saturated rings. The van der Waals surface area contributed by atoms with Crippen LogP contribution in [0.2, 0.25) is 0 Å². The van der Waals surface area contributed by atoms with E-state index in [0.29, 0.717) is 10.2 Å². The van der Waals surface area contributed by atoms with E-state index < -0.39 is 0 Å². The van der Waals surface area contributed by atoms with Crippen LogP contribution in [0, 0.1) is 4.64 Å². The standard InChI is InChI=1S/C13H18N2O2S/c1-2-10(11-6-4-8-17-11)15-12(16)9-5-3-7-14-13(9)18/h3,5,7,10-11H,2,4,6,8H2,1H3,(H,14,18)(H,15,16). The molecule has 0 spiro atoms. The Morgan fingerprint density at radius 3 is 3.17 bits per heavy atom. The number of H-pyrrole nitrogens is 1. The molecular weight excluding hydrogens is 248 g/mol. The van der Waals surface area contributed by atoms with Crippen LogP contribution in [0.25, 0.3) is 0 Å². The second kappa shape index (κ2) is 6.11. The number of pyridine rings is 1. The maximum Gasteiger partial charge on any atom is 0.254 e. The fraction of sp³-hybridized carbons (Fsp3) is 0.538. The lowest BCUT2D eigenvalue weighted by Crippen LogP contribution is -2.42. The Morgan fingerprint density at radius 2 is 2.56 bits per heavy atom. The van der Waals surface area contributed by atoms with Gasteiger partial charge >= 0.3 is 0 Å². The molecule has 0 aromatic carbocycles. The second-order valence-corrected chi connectivity index (χ2v) is 4.86. The van der Waals surface area contributed by atoms with Gasteiger partial charge in [-0.1, -0.05) is 19.1 Å². The monoisotopic (exact) mass is 266 g/mol. The van der Waals surface area contributed by atoms with Crippen LogP contribution in [0.4, 0.5) is 0 Å². The van der Waals surface area contributed by atoms with E-state index in [4.69, 9.17) is 17.0 Å². The van der Waals surface area contributed by atoms with Gasteiger partial charge in [0.25, 0.3) is 5.91 Å². The third-order valence-corrected chi connectivity index (χ3v) is 3.57. The lowest BCUT2D eigenvalue weighted by atomic mass is 10.1. The molecule has 1 aliphatic rings. The Balaban J connectivity index is 2.05. The molecule has 4 nitrogen and oxygen atoms in total. The minimum absolute atomic E-state index is 0.0645. The van der Waals surface area contributed by atoms with Gasteiger partial charge < -0.3 is 15.0 Å². The maximum atomic E-state index is 12.1. The van der Waals surface area contributed by atoms with Gasteiger partial charge in [0, 0.05) is 12.8 Å². The molecule has 1 saturated heterocycles. The molecule has 1 aliphatic heterocycles. The summed E-state index contributed by atoms with van der Waals surface area (Å²) in [4.78, 5) is 15.0. The van der Waals surface area contributed by atoms with Crippen LogP contribution >= 0.6 is 12.2 Å². The van der Waals surface area contributed by atoms with Crippen molar-refractivity contribution in [2.45, 2.75) is 38.3 Å². The summed E-state index contributed by atoms with van der Waals surface area (Å²) in [5.41, 5.74) is 0.518. The molecule has 1 amide bonds. The summed E-state index contributed by atoms with van der Waals surface area (Å²) in [6, 6.07) is 3.57. The van der Waals surface area contributed by atoms with Crippen LogP contribution in [-0.4, -0.2) is 29.6 Å². The molecule has 2 rings (SSSR count). The molecule has 2 N–H and O–H groups in total. The minimum Gasteiger partial charge on any atom is -0.376 e. The van der Waals surface area contributed by atoms with Crippen molar-refractivity contribution in [3.8, 4) is 0 Å². The van der Waals surface area contributed by atoms with E-state index in [0.717, 1.165) is 25.9 Å². The molecule has 1 aromatic heterocycles. The molecule has 2 unspecified atom stereocenters. The van der Waals surface area contributed by atoms with Crippen molar-refractivity contribution in [1.82, 2.24) is 10.3 Å². The highest BCUT2D eigenvalue weighted by Crippen LogP contribution is 2.18. The number of ether oxygens (including phenoxy) is 1. The van der Waals surface area contributed by atoms with Crippen molar-refractivity contribution in [3.63, 3.8) is 0 Å². The Hall–Kier alpha value is -1.20. The average molecular weight is 266 g/mol. The second-order valence-electron chi connectivity index (χ2n) is 4.45. The lowest BCUT2D eigenvalue weighted by molar-refractivity contribution is 0.0665. The molecule has 0 radical (unpaired) electrons. The summed E-state index contributed by atoms with van der Waals surface area (Å²) < 4.78 is 6.09. The fourth-order valence-electron chi connectivity index (χ4n) is 2.22. The van der Waals surface area contributed by atoms with Crippen molar-refractivity contribution in [3.05, 3.63) is 28.5 Å². The number of amides is 1. The van der Waals surface area contributed by atoms with Crippen LogP contribution in [0.5, 0.6) is 0 Å². The normalized spacial score (nSPS) is 20.6. The van der Waals surface area contributed by atoms with Gasteiger partial charge in [0.15, 0.2) is 0 Å². The van der Waals surface area contributed by atoms with Gasteiger partial charge in [-0.05, 0) is 31.4 Å². The summed E-state index contributed by atoms with van der Waals surface area (Å²) in [6.45, 7) is 2.85. The first-order chi connectivity index (χ1) is 8.72. The van der Waals surface area contributed by atoms with Gasteiger partial charge in [0.2, 0.25) is 0 Å². The van der Waals surface area contributed by atoms with E-state index in [2.05, 4.69) is 17.2 Å². The molecule has 2 atom stereocenters. The number of aromatic nitrogens is 1. The predicted molar refractivity (Wildman–Crippen MR) is 72.1 cm³/mol. The predicted octanol–water partition coefficient (Wildman–Crippen LogP) is 2.43. The minimum atomic E-state index is -0.126. The van der Waals surface area contributed by atoms with Gasteiger partial charge in [-0.3, -0.25) is 4.79 Å². The van der Waals surface area contributed by atoms with Crippen molar-refractivity contribution >= 4 is 18.1 Å². The van der Waals surface area contributed by atoms with Gasteiger partial charge in [0.1, 0.15) is 4.64 Å². The Labute approximate surface area is 112 Å². The van der Waals surface area contributed by atoms with Crippen LogP contribution in [0.1, 0.15) is 36.5 Å². The first-order valence-electron chi connectivity index (χ1n) is 6.32. The van der Waals surface area contributed by atoms with Gasteiger partial charge in [-0.15, -0.1) is 0 Å². The maximum absolute atomic E-state index is 12.1. The Morgan fingerprint density at radius 1 is 1.72 bits per heavy atom. The third kappa shape index (κ3) is 2.97. The summed E-state index contributed by atoms with van der Waals surface area (Å²) in [7, 11) is 0. The van der Waals surface area contributed by atoms with Crippen LogP contribution in [0.3, 0.4) is 0 Å². The highest BCUT2D eigenvalue weighted by atomic mass is 32.1. The number of carbonyl (C=O) groups excluding carboxylic acids is 1. The van der Waals surface area contributed by atoms with Crippen molar-refractivity contribution in [1.29, 1.82) is 0 Å². The molecule has 0 aliphatic carbocycles. The zero-order valence-corrected chi connectivity index (χ0v) is 11.3. The zero-order chi connectivity index (χ0) is 13.0. The van der Waals surface area contributed by atoms with E-state index >= 15 is 0 Å². The fourth-order valence-corrected chi connectivity index (χ4v) is 2.45. The highest BCUT2D eigenvalue weighted by Gasteiger charge is 2.26. The largest absolute Gasteiger partial charge is 0.376 e. The summed E-state index contributed by atoms with van der Waals surface area (Å²) in [6.07, 6.45) is 4.80. The third-order valence-electron chi connectivity index (χ3n) is 3.23. The molecular formula is C13H18N2O2S. The number of hydrogen-bond donors (Lipinski definition) is 2.